The molecule has 4 rings (SSSR count). The number of carbonyl (C=O) groups excluding carboxylic acids is 2. The smallest absolute Gasteiger partial charge is 0.332 e. The third-order valence-electron chi connectivity index (χ3n) is 4.29. The number of imide groups is 1. The molecule has 0 bridgehead atoms. The van der Waals surface area contributed by atoms with Gasteiger partial charge in [0, 0.05) is 23.1 Å². The van der Waals surface area contributed by atoms with Gasteiger partial charge < -0.3 is 4.74 Å². The number of thiazole rings is 1. The van der Waals surface area contributed by atoms with Crippen LogP contribution in [0.15, 0.2) is 77.1 Å². The van der Waals surface area contributed by atoms with Gasteiger partial charge in [-0.3, -0.25) is 14.8 Å². The molecule has 1 heterocycles. The highest BCUT2D eigenvalue weighted by Crippen LogP contribution is 2.40. The number of hydrogen-bond acceptors (Lipinski definition) is 6. The summed E-state index contributed by atoms with van der Waals surface area (Å²) in [6, 6.07) is 21.8. The Labute approximate surface area is 181 Å². The first-order chi connectivity index (χ1) is 14.7. The molecular weight excluding hydrogens is 418 g/mol. The number of aromatic nitrogens is 1. The quantitative estimate of drug-likeness (QED) is 0.426. The van der Waals surface area contributed by atoms with E-state index in [-0.39, 0.29) is 0 Å². The van der Waals surface area contributed by atoms with Gasteiger partial charge in [-0.2, -0.15) is 0 Å². The number of amides is 3. The number of hydrogen-bond donors (Lipinski definition) is 2. The third-order valence-corrected chi connectivity index (χ3v) is 6.22. The minimum Gasteiger partial charge on any atom is -0.494 e. The molecule has 1 aromatic heterocycles. The number of urea groups is 1. The first-order valence-electron chi connectivity index (χ1n) is 9.02. The summed E-state index contributed by atoms with van der Waals surface area (Å²) in [4.78, 5) is 28.8. The van der Waals surface area contributed by atoms with Crippen LogP contribution in [0.25, 0.3) is 21.3 Å². The number of benzene rings is 3. The van der Waals surface area contributed by atoms with Crippen LogP contribution in [-0.4, -0.2) is 24.0 Å². The fourth-order valence-corrected chi connectivity index (χ4v) is 4.66. The molecule has 150 valence electrons. The maximum Gasteiger partial charge on any atom is 0.332 e. The molecule has 30 heavy (non-hydrogen) atoms. The van der Waals surface area contributed by atoms with Crippen LogP contribution in [0.1, 0.15) is 10.4 Å². The van der Waals surface area contributed by atoms with Crippen LogP contribution in [0.2, 0.25) is 0 Å². The number of fused-ring (bicyclic) bond motifs is 1. The Morgan fingerprint density at radius 3 is 2.37 bits per heavy atom. The zero-order chi connectivity index (χ0) is 20.9. The van der Waals surface area contributed by atoms with Gasteiger partial charge in [-0.1, -0.05) is 48.5 Å². The molecule has 0 aliphatic carbocycles. The Balaban J connectivity index is 1.52. The van der Waals surface area contributed by atoms with Gasteiger partial charge in [0.05, 0.1) is 11.8 Å². The van der Waals surface area contributed by atoms with Crippen LogP contribution in [0.4, 0.5) is 4.79 Å². The summed E-state index contributed by atoms with van der Waals surface area (Å²) in [7, 11) is 1.60. The summed E-state index contributed by atoms with van der Waals surface area (Å²) in [5.74, 6) is 0.197. The summed E-state index contributed by atoms with van der Waals surface area (Å²) in [5, 5.41) is 2.30. The van der Waals surface area contributed by atoms with Gasteiger partial charge in [0.1, 0.15) is 11.3 Å². The number of nitrogens with one attached hydrogen (secondary N) is 2. The van der Waals surface area contributed by atoms with Crippen LogP contribution in [0.5, 0.6) is 5.75 Å². The SMILES string of the molecule is COc1ccc(-c2ccccc2)c2sc(SNC(=O)NC(=O)c3ccccc3)nc12. The van der Waals surface area contributed by atoms with Gasteiger partial charge >= 0.3 is 6.03 Å². The maximum atomic E-state index is 12.1. The lowest BCUT2D eigenvalue weighted by molar-refractivity contribution is 0.0965. The summed E-state index contributed by atoms with van der Waals surface area (Å²) in [6.07, 6.45) is 0. The average Bonchev–Trinajstić information content (AvgIpc) is 3.22. The Hall–Kier alpha value is -3.36. The van der Waals surface area contributed by atoms with Gasteiger partial charge in [0.25, 0.3) is 5.91 Å². The van der Waals surface area contributed by atoms with Crippen LogP contribution in [0.3, 0.4) is 0 Å². The zero-order valence-corrected chi connectivity index (χ0v) is 17.5. The maximum absolute atomic E-state index is 12.1. The average molecular weight is 436 g/mol. The van der Waals surface area contributed by atoms with Crippen molar-refractivity contribution in [2.75, 3.05) is 7.11 Å². The highest BCUT2D eigenvalue weighted by atomic mass is 32.2. The number of rotatable bonds is 5. The lowest BCUT2D eigenvalue weighted by atomic mass is 10.1. The Morgan fingerprint density at radius 2 is 1.67 bits per heavy atom. The lowest BCUT2D eigenvalue weighted by Gasteiger charge is -2.05. The Bertz CT molecular complexity index is 1190. The lowest BCUT2D eigenvalue weighted by Crippen LogP contribution is -2.36. The molecule has 2 N–H and O–H groups in total. The molecule has 0 aliphatic rings. The van der Waals surface area contributed by atoms with Crippen LogP contribution < -0.4 is 14.8 Å². The monoisotopic (exact) mass is 435 g/mol. The molecule has 0 atom stereocenters. The second kappa shape index (κ2) is 8.98. The van der Waals surface area contributed by atoms with Crippen molar-refractivity contribution >= 4 is 45.4 Å². The van der Waals surface area contributed by atoms with Crippen molar-refractivity contribution in [1.82, 2.24) is 15.0 Å². The molecule has 0 unspecified atom stereocenters. The molecule has 0 radical (unpaired) electrons. The number of nitrogens with zero attached hydrogens (tertiary/aromatic N) is 1. The van der Waals surface area contributed by atoms with Gasteiger partial charge in [0.15, 0.2) is 4.34 Å². The molecule has 0 spiro atoms. The van der Waals surface area contributed by atoms with Crippen molar-refractivity contribution in [2.45, 2.75) is 4.34 Å². The molecule has 0 saturated carbocycles. The van der Waals surface area contributed by atoms with Crippen LogP contribution >= 0.6 is 23.3 Å². The first-order valence-corrected chi connectivity index (χ1v) is 10.6. The normalized spacial score (nSPS) is 10.6. The van der Waals surface area contributed by atoms with E-state index in [1.807, 2.05) is 42.5 Å². The van der Waals surface area contributed by atoms with Gasteiger partial charge in [0.2, 0.25) is 0 Å². The van der Waals surface area contributed by atoms with E-state index in [0.717, 1.165) is 33.3 Å². The van der Waals surface area contributed by atoms with E-state index in [1.165, 1.54) is 11.3 Å². The van der Waals surface area contributed by atoms with Crippen molar-refractivity contribution in [3.8, 4) is 16.9 Å². The fourth-order valence-electron chi connectivity index (χ4n) is 2.90. The van der Waals surface area contributed by atoms with E-state index in [0.29, 0.717) is 15.7 Å². The number of carbonyl (C=O) groups is 2. The summed E-state index contributed by atoms with van der Waals surface area (Å²) < 4.78 is 9.66. The van der Waals surface area contributed by atoms with E-state index < -0.39 is 11.9 Å². The van der Waals surface area contributed by atoms with Crippen molar-refractivity contribution in [3.05, 3.63) is 78.4 Å². The van der Waals surface area contributed by atoms with E-state index in [4.69, 9.17) is 4.74 Å². The standard InChI is InChI=1S/C22H17N3O3S2/c1-28-17-13-12-16(14-8-4-2-5-9-14)19-18(17)23-22(29-19)30-25-21(27)24-20(26)15-10-6-3-7-11-15/h2-13H,1H3,(H2,24,25,26,27). The molecule has 6 nitrogen and oxygen atoms in total. The summed E-state index contributed by atoms with van der Waals surface area (Å²) in [6.45, 7) is 0. The van der Waals surface area contributed by atoms with E-state index in [1.54, 1.807) is 37.4 Å². The van der Waals surface area contributed by atoms with Crippen LogP contribution in [-0.2, 0) is 0 Å². The van der Waals surface area contributed by atoms with E-state index in [9.17, 15) is 9.59 Å². The minimum absolute atomic E-state index is 0.412. The molecular formula is C22H17N3O3S2. The zero-order valence-electron chi connectivity index (χ0n) is 15.9. The summed E-state index contributed by atoms with van der Waals surface area (Å²) >= 11 is 2.50. The molecule has 3 amide bonds. The molecule has 0 fully saturated rings. The molecule has 8 heteroatoms. The van der Waals surface area contributed by atoms with Crippen molar-refractivity contribution < 1.29 is 14.3 Å². The van der Waals surface area contributed by atoms with Crippen LogP contribution in [0, 0.1) is 0 Å². The third kappa shape index (κ3) is 4.29. The van der Waals surface area contributed by atoms with Crippen molar-refractivity contribution in [3.63, 3.8) is 0 Å². The second-order valence-corrected chi connectivity index (χ2v) is 8.24. The largest absolute Gasteiger partial charge is 0.494 e. The number of methoxy groups -OCH3 is 1. The van der Waals surface area contributed by atoms with Gasteiger partial charge in [-0.15, -0.1) is 11.3 Å². The molecule has 4 aromatic rings. The van der Waals surface area contributed by atoms with Gasteiger partial charge in [-0.05, 0) is 29.8 Å². The van der Waals surface area contributed by atoms with Crippen molar-refractivity contribution in [2.24, 2.45) is 0 Å². The molecule has 0 aliphatic heterocycles. The Kier molecular flexibility index (Phi) is 5.97. The number of ether oxygens (including phenoxy) is 1. The second-order valence-electron chi connectivity index (χ2n) is 6.19. The predicted octanol–water partition coefficient (Wildman–Crippen LogP) is 5.12. The fraction of sp³-hybridized carbons (Fsp3) is 0.0455. The Morgan fingerprint density at radius 1 is 0.967 bits per heavy atom. The summed E-state index contributed by atoms with van der Waals surface area (Å²) in [5.41, 5.74) is 3.26. The van der Waals surface area contributed by atoms with E-state index >= 15 is 0 Å². The minimum atomic E-state index is -0.608. The molecule has 3 aromatic carbocycles. The predicted molar refractivity (Wildman–Crippen MR) is 120 cm³/mol. The highest BCUT2D eigenvalue weighted by molar-refractivity contribution is 7.99. The highest BCUT2D eigenvalue weighted by Gasteiger charge is 2.16. The van der Waals surface area contributed by atoms with Gasteiger partial charge in [-0.25, -0.2) is 9.78 Å². The topological polar surface area (TPSA) is 80.3 Å². The van der Waals surface area contributed by atoms with Crippen molar-refractivity contribution in [1.29, 1.82) is 0 Å². The van der Waals surface area contributed by atoms with E-state index in [2.05, 4.69) is 15.0 Å². The first kappa shape index (κ1) is 19.9. The molecule has 0 saturated heterocycles.